The largest absolute Gasteiger partial charge is 0.459 e. The lowest BCUT2D eigenvalue weighted by atomic mass is 9.95. The van der Waals surface area contributed by atoms with E-state index in [1.165, 1.54) is 16.7 Å². The number of anilines is 1. The fraction of sp³-hybridized carbons (Fsp3) is 0.333. The van der Waals surface area contributed by atoms with Crippen molar-refractivity contribution in [3.05, 3.63) is 70.3 Å². The number of carbonyl (C=O) groups excluding carboxylic acids is 1. The zero-order valence-electron chi connectivity index (χ0n) is 16.0. The lowest BCUT2D eigenvalue weighted by Crippen LogP contribution is -2.40. The van der Waals surface area contributed by atoms with E-state index in [0.29, 0.717) is 19.0 Å². The van der Waals surface area contributed by atoms with Gasteiger partial charge in [-0.25, -0.2) is 0 Å². The first kappa shape index (κ1) is 18.9. The Bertz CT molecular complexity index is 931. The topological polar surface area (TPSA) is 67.6 Å². The molecule has 3 aromatic rings. The van der Waals surface area contributed by atoms with Crippen LogP contribution in [0.3, 0.4) is 0 Å². The van der Waals surface area contributed by atoms with Crippen LogP contribution in [0.1, 0.15) is 38.2 Å². The molecule has 4 rings (SSSR count). The summed E-state index contributed by atoms with van der Waals surface area (Å²) in [6.07, 6.45) is 5.20. The van der Waals surface area contributed by atoms with E-state index < -0.39 is 0 Å². The van der Waals surface area contributed by atoms with Crippen molar-refractivity contribution in [2.75, 3.05) is 31.6 Å². The minimum atomic E-state index is -0.237. The van der Waals surface area contributed by atoms with Gasteiger partial charge in [-0.05, 0) is 43.2 Å². The van der Waals surface area contributed by atoms with Gasteiger partial charge in [0, 0.05) is 35.9 Å². The average Bonchev–Trinajstić information content (AvgIpc) is 3.35. The van der Waals surface area contributed by atoms with Gasteiger partial charge < -0.3 is 14.5 Å². The highest BCUT2D eigenvalue weighted by atomic mass is 32.1. The van der Waals surface area contributed by atoms with E-state index in [2.05, 4.69) is 35.1 Å². The van der Waals surface area contributed by atoms with Gasteiger partial charge in [-0.1, -0.05) is 6.07 Å². The molecular weight excluding hydrogens is 374 g/mol. The van der Waals surface area contributed by atoms with Crippen molar-refractivity contribution in [2.24, 2.45) is 0 Å². The third kappa shape index (κ3) is 3.73. The molecule has 3 aromatic heterocycles. The molecule has 0 aliphatic carbocycles. The molecule has 0 spiro atoms. The number of amides is 1. The van der Waals surface area contributed by atoms with Crippen LogP contribution in [-0.4, -0.2) is 42.1 Å². The van der Waals surface area contributed by atoms with Crippen LogP contribution in [0.25, 0.3) is 0 Å². The number of nitrogens with zero attached hydrogens (tertiary/aromatic N) is 2. The van der Waals surface area contributed by atoms with Gasteiger partial charge in [0.2, 0.25) is 0 Å². The van der Waals surface area contributed by atoms with Crippen molar-refractivity contribution >= 4 is 22.2 Å². The second kappa shape index (κ2) is 8.26. The molecule has 0 unspecified atom stereocenters. The van der Waals surface area contributed by atoms with Crippen LogP contribution >= 0.6 is 11.3 Å². The molecule has 6 nitrogen and oxygen atoms in total. The molecule has 1 aliphatic rings. The Balaban J connectivity index is 1.76. The van der Waals surface area contributed by atoms with Crippen LogP contribution in [-0.2, 0) is 4.74 Å². The van der Waals surface area contributed by atoms with Gasteiger partial charge in [0.05, 0.1) is 25.5 Å². The third-order valence-corrected chi connectivity index (χ3v) is 6.23. The second-order valence-corrected chi connectivity index (χ2v) is 8.02. The lowest BCUT2D eigenvalue weighted by molar-refractivity contribution is 0.0239. The van der Waals surface area contributed by atoms with E-state index in [-0.39, 0.29) is 11.9 Å². The predicted molar refractivity (Wildman–Crippen MR) is 109 cm³/mol. The van der Waals surface area contributed by atoms with Crippen LogP contribution in [0.4, 0.5) is 5.00 Å². The minimum absolute atomic E-state index is 0.00875. The van der Waals surface area contributed by atoms with Gasteiger partial charge in [-0.3, -0.25) is 14.7 Å². The molecule has 1 atom stereocenters. The number of pyridine rings is 1. The van der Waals surface area contributed by atoms with E-state index in [9.17, 15) is 4.79 Å². The number of carbonyl (C=O) groups is 1. The van der Waals surface area contributed by atoms with E-state index in [1.54, 1.807) is 29.7 Å². The molecule has 0 saturated carbocycles. The Labute approximate surface area is 168 Å². The molecule has 1 fully saturated rings. The standard InChI is InChI=1S/C21H23N3O3S/c1-14-15(2)28-21(23-20(25)17-6-4-10-27-17)18(14)19(16-5-3-7-22-13-16)24-8-11-26-12-9-24/h3-7,10,13,19H,8-9,11-12H2,1-2H3,(H,23,25)/t19-/m0/s1. The van der Waals surface area contributed by atoms with Crippen LogP contribution in [0.15, 0.2) is 47.3 Å². The monoisotopic (exact) mass is 397 g/mol. The summed E-state index contributed by atoms with van der Waals surface area (Å²) >= 11 is 1.60. The summed E-state index contributed by atoms with van der Waals surface area (Å²) in [7, 11) is 0. The van der Waals surface area contributed by atoms with Crippen LogP contribution in [0.5, 0.6) is 0 Å². The van der Waals surface area contributed by atoms with Gasteiger partial charge in [0.1, 0.15) is 5.00 Å². The lowest BCUT2D eigenvalue weighted by Gasteiger charge is -2.35. The highest BCUT2D eigenvalue weighted by molar-refractivity contribution is 7.16. The Kier molecular flexibility index (Phi) is 5.57. The summed E-state index contributed by atoms with van der Waals surface area (Å²) in [5.41, 5.74) is 3.43. The van der Waals surface area contributed by atoms with Crippen LogP contribution in [0.2, 0.25) is 0 Å². The number of hydrogen-bond donors (Lipinski definition) is 1. The Morgan fingerprint density at radius 3 is 2.75 bits per heavy atom. The SMILES string of the molecule is Cc1sc(NC(=O)c2ccco2)c([C@H](c2cccnc2)N2CCOCC2)c1C. The summed E-state index contributed by atoms with van der Waals surface area (Å²) in [5.74, 6) is 0.0679. The quantitative estimate of drug-likeness (QED) is 0.704. The van der Waals surface area contributed by atoms with Gasteiger partial charge >= 0.3 is 0 Å². The number of nitrogens with one attached hydrogen (secondary N) is 1. The Morgan fingerprint density at radius 1 is 1.25 bits per heavy atom. The maximum Gasteiger partial charge on any atom is 0.291 e. The fourth-order valence-corrected chi connectivity index (χ4v) is 4.66. The second-order valence-electron chi connectivity index (χ2n) is 6.79. The molecule has 1 saturated heterocycles. The molecule has 1 aliphatic heterocycles. The van der Waals surface area contributed by atoms with E-state index in [4.69, 9.17) is 9.15 Å². The normalized spacial score (nSPS) is 16.1. The summed E-state index contributed by atoms with van der Waals surface area (Å²) in [5, 5.41) is 3.93. The molecular formula is C21H23N3O3S. The van der Waals surface area contributed by atoms with E-state index >= 15 is 0 Å². The van der Waals surface area contributed by atoms with Crippen molar-refractivity contribution in [3.8, 4) is 0 Å². The average molecular weight is 398 g/mol. The van der Waals surface area contributed by atoms with Gasteiger partial charge in [0.15, 0.2) is 5.76 Å². The van der Waals surface area contributed by atoms with Crippen molar-refractivity contribution < 1.29 is 13.9 Å². The summed E-state index contributed by atoms with van der Waals surface area (Å²) in [6.45, 7) is 7.28. The molecule has 1 N–H and O–H groups in total. The number of hydrogen-bond acceptors (Lipinski definition) is 6. The van der Waals surface area contributed by atoms with Crippen molar-refractivity contribution in [3.63, 3.8) is 0 Å². The molecule has 146 valence electrons. The Hall–Kier alpha value is -2.48. The Morgan fingerprint density at radius 2 is 2.07 bits per heavy atom. The maximum absolute atomic E-state index is 12.6. The predicted octanol–water partition coefficient (Wildman–Crippen LogP) is 4.03. The summed E-state index contributed by atoms with van der Waals surface area (Å²) in [4.78, 5) is 20.6. The maximum atomic E-state index is 12.6. The van der Waals surface area contributed by atoms with Crippen LogP contribution in [0, 0.1) is 13.8 Å². The first-order valence-corrected chi connectivity index (χ1v) is 10.1. The van der Waals surface area contributed by atoms with Crippen molar-refractivity contribution in [2.45, 2.75) is 19.9 Å². The van der Waals surface area contributed by atoms with Crippen LogP contribution < -0.4 is 5.32 Å². The van der Waals surface area contributed by atoms with Gasteiger partial charge in [-0.15, -0.1) is 11.3 Å². The number of morpholine rings is 1. The molecule has 1 amide bonds. The van der Waals surface area contributed by atoms with Crippen molar-refractivity contribution in [1.82, 2.24) is 9.88 Å². The van der Waals surface area contributed by atoms with E-state index in [1.807, 2.05) is 12.3 Å². The number of aryl methyl sites for hydroxylation is 1. The molecule has 28 heavy (non-hydrogen) atoms. The third-order valence-electron chi connectivity index (χ3n) is 5.09. The van der Waals surface area contributed by atoms with Gasteiger partial charge in [-0.2, -0.15) is 0 Å². The first-order chi connectivity index (χ1) is 13.6. The zero-order chi connectivity index (χ0) is 19.5. The number of aromatic nitrogens is 1. The number of furan rings is 1. The number of ether oxygens (including phenoxy) is 1. The summed E-state index contributed by atoms with van der Waals surface area (Å²) in [6, 6.07) is 7.45. The minimum Gasteiger partial charge on any atom is -0.459 e. The number of rotatable bonds is 5. The van der Waals surface area contributed by atoms with Crippen molar-refractivity contribution in [1.29, 1.82) is 0 Å². The molecule has 7 heteroatoms. The van der Waals surface area contributed by atoms with Gasteiger partial charge in [0.25, 0.3) is 5.91 Å². The smallest absolute Gasteiger partial charge is 0.291 e. The number of thiophene rings is 1. The highest BCUT2D eigenvalue weighted by Gasteiger charge is 2.30. The summed E-state index contributed by atoms with van der Waals surface area (Å²) < 4.78 is 10.8. The zero-order valence-corrected chi connectivity index (χ0v) is 16.8. The molecule has 4 heterocycles. The molecule has 0 aromatic carbocycles. The highest BCUT2D eigenvalue weighted by Crippen LogP contribution is 2.42. The molecule has 0 radical (unpaired) electrons. The van der Waals surface area contributed by atoms with E-state index in [0.717, 1.165) is 29.2 Å². The fourth-order valence-electron chi connectivity index (χ4n) is 3.57. The first-order valence-electron chi connectivity index (χ1n) is 9.31. The molecule has 0 bridgehead atoms.